The molecule has 1 rings (SSSR count). The predicted octanol–water partition coefficient (Wildman–Crippen LogP) is 0.391. The third kappa shape index (κ3) is 5.01. The Bertz CT molecular complexity index is 354. The molecule has 0 aliphatic carbocycles. The van der Waals surface area contributed by atoms with Gasteiger partial charge in [0.1, 0.15) is 0 Å². The molecule has 0 aromatic carbocycles. The molecule has 17 heavy (non-hydrogen) atoms. The summed E-state index contributed by atoms with van der Waals surface area (Å²) in [6, 6.07) is -0.238. The Balaban J connectivity index is 2.27. The Kier molecular flexibility index (Phi) is 5.71. The number of aromatic nitrogens is 1. The number of rotatable bonds is 6. The maximum atomic E-state index is 11.3. The Morgan fingerprint density at radius 2 is 2.29 bits per heavy atom. The molecule has 6 nitrogen and oxygen atoms in total. The average Bonchev–Trinajstić information content (AvgIpc) is 2.75. The van der Waals surface area contributed by atoms with Crippen molar-refractivity contribution in [2.75, 3.05) is 32.1 Å². The van der Waals surface area contributed by atoms with Gasteiger partial charge in [0.2, 0.25) is 0 Å². The highest BCUT2D eigenvalue weighted by Gasteiger charge is 2.05. The molecule has 0 radical (unpaired) electrons. The first-order valence-corrected chi connectivity index (χ1v) is 6.25. The molecule has 3 N–H and O–H groups in total. The topological polar surface area (TPSA) is 77.5 Å². The molecule has 1 aromatic heterocycles. The lowest BCUT2D eigenvalue weighted by Gasteiger charge is -2.06. The SMILES string of the molecule is CN(C)c1nc(CNC(=O)NCCCO)cs1. The largest absolute Gasteiger partial charge is 0.396 e. The quantitative estimate of drug-likeness (QED) is 0.645. The first kappa shape index (κ1) is 13.7. The fourth-order valence-corrected chi connectivity index (χ4v) is 1.86. The van der Waals surface area contributed by atoms with E-state index in [2.05, 4.69) is 15.6 Å². The lowest BCUT2D eigenvalue weighted by molar-refractivity contribution is 0.237. The Labute approximate surface area is 105 Å². The molecular formula is C10H18N4O2S. The molecule has 0 aliphatic heterocycles. The fourth-order valence-electron chi connectivity index (χ4n) is 1.10. The van der Waals surface area contributed by atoms with E-state index >= 15 is 0 Å². The summed E-state index contributed by atoms with van der Waals surface area (Å²) in [6.07, 6.45) is 0.564. The molecule has 1 aromatic rings. The first-order valence-electron chi connectivity index (χ1n) is 5.37. The Hall–Kier alpha value is -1.34. The number of thiazole rings is 1. The molecule has 0 fully saturated rings. The Morgan fingerprint density at radius 1 is 1.53 bits per heavy atom. The lowest BCUT2D eigenvalue weighted by Crippen LogP contribution is -2.35. The zero-order valence-corrected chi connectivity index (χ0v) is 10.9. The molecule has 2 amide bonds. The molecule has 0 atom stereocenters. The third-order valence-electron chi connectivity index (χ3n) is 1.97. The van der Waals surface area contributed by atoms with Gasteiger partial charge in [-0.3, -0.25) is 0 Å². The van der Waals surface area contributed by atoms with Crippen molar-refractivity contribution in [3.8, 4) is 0 Å². The van der Waals surface area contributed by atoms with Gasteiger partial charge in [-0.15, -0.1) is 11.3 Å². The predicted molar refractivity (Wildman–Crippen MR) is 68.4 cm³/mol. The van der Waals surface area contributed by atoms with Gasteiger partial charge in [0, 0.05) is 32.6 Å². The van der Waals surface area contributed by atoms with Gasteiger partial charge < -0.3 is 20.6 Å². The number of aliphatic hydroxyl groups is 1. The molecule has 96 valence electrons. The van der Waals surface area contributed by atoms with Gasteiger partial charge in [-0.2, -0.15) is 0 Å². The number of nitrogens with one attached hydrogen (secondary N) is 2. The number of carbonyl (C=O) groups is 1. The number of carbonyl (C=O) groups excluding carboxylic acids is 1. The normalized spacial score (nSPS) is 10.1. The van der Waals surface area contributed by atoms with E-state index in [1.54, 1.807) is 11.3 Å². The number of urea groups is 1. The van der Waals surface area contributed by atoms with Gasteiger partial charge in [-0.25, -0.2) is 9.78 Å². The van der Waals surface area contributed by atoms with Crippen LogP contribution in [-0.4, -0.2) is 43.4 Å². The summed E-state index contributed by atoms with van der Waals surface area (Å²) < 4.78 is 0. The molecular weight excluding hydrogens is 240 g/mol. The van der Waals surface area contributed by atoms with Crippen molar-refractivity contribution in [2.24, 2.45) is 0 Å². The van der Waals surface area contributed by atoms with Crippen LogP contribution in [0.2, 0.25) is 0 Å². The second-order valence-electron chi connectivity index (χ2n) is 3.70. The number of aliphatic hydroxyl groups excluding tert-OH is 1. The summed E-state index contributed by atoms with van der Waals surface area (Å²) in [5, 5.41) is 16.7. The highest BCUT2D eigenvalue weighted by molar-refractivity contribution is 7.13. The van der Waals surface area contributed by atoms with E-state index < -0.39 is 0 Å². The van der Waals surface area contributed by atoms with E-state index in [9.17, 15) is 4.79 Å². The van der Waals surface area contributed by atoms with Crippen LogP contribution in [0.15, 0.2) is 5.38 Å². The van der Waals surface area contributed by atoms with Crippen LogP contribution in [0, 0.1) is 0 Å². The van der Waals surface area contributed by atoms with Gasteiger partial charge in [-0.1, -0.05) is 0 Å². The summed E-state index contributed by atoms with van der Waals surface area (Å²) >= 11 is 1.54. The van der Waals surface area contributed by atoms with Crippen molar-refractivity contribution in [1.82, 2.24) is 15.6 Å². The molecule has 0 spiro atoms. The minimum absolute atomic E-state index is 0.0819. The van der Waals surface area contributed by atoms with Crippen molar-refractivity contribution in [3.05, 3.63) is 11.1 Å². The number of nitrogens with zero attached hydrogens (tertiary/aromatic N) is 2. The van der Waals surface area contributed by atoms with Crippen LogP contribution < -0.4 is 15.5 Å². The van der Waals surface area contributed by atoms with E-state index in [1.807, 2.05) is 24.4 Å². The average molecular weight is 258 g/mol. The maximum absolute atomic E-state index is 11.3. The van der Waals surface area contributed by atoms with Crippen molar-refractivity contribution in [3.63, 3.8) is 0 Å². The van der Waals surface area contributed by atoms with Crippen molar-refractivity contribution in [1.29, 1.82) is 0 Å². The van der Waals surface area contributed by atoms with Crippen LogP contribution in [-0.2, 0) is 6.54 Å². The van der Waals surface area contributed by atoms with Crippen LogP contribution in [0.1, 0.15) is 12.1 Å². The van der Waals surface area contributed by atoms with Crippen LogP contribution in [0.3, 0.4) is 0 Å². The third-order valence-corrected chi connectivity index (χ3v) is 3.03. The van der Waals surface area contributed by atoms with Gasteiger partial charge in [-0.05, 0) is 6.42 Å². The van der Waals surface area contributed by atoms with E-state index in [-0.39, 0.29) is 12.6 Å². The minimum atomic E-state index is -0.238. The smallest absolute Gasteiger partial charge is 0.315 e. The van der Waals surface area contributed by atoms with Crippen LogP contribution in [0.25, 0.3) is 0 Å². The zero-order chi connectivity index (χ0) is 12.7. The van der Waals surface area contributed by atoms with Crippen molar-refractivity contribution in [2.45, 2.75) is 13.0 Å². The monoisotopic (exact) mass is 258 g/mol. The van der Waals surface area contributed by atoms with Gasteiger partial charge >= 0.3 is 6.03 Å². The van der Waals surface area contributed by atoms with E-state index in [0.717, 1.165) is 10.8 Å². The fraction of sp³-hybridized carbons (Fsp3) is 0.600. The number of hydrogen-bond donors (Lipinski definition) is 3. The molecule has 0 saturated heterocycles. The minimum Gasteiger partial charge on any atom is -0.396 e. The Morgan fingerprint density at radius 3 is 2.88 bits per heavy atom. The maximum Gasteiger partial charge on any atom is 0.315 e. The summed E-state index contributed by atoms with van der Waals surface area (Å²) in [6.45, 7) is 0.968. The number of hydrogen-bond acceptors (Lipinski definition) is 5. The standard InChI is InChI=1S/C10H18N4O2S/c1-14(2)10-13-8(7-17-10)6-12-9(16)11-4-3-5-15/h7,15H,3-6H2,1-2H3,(H2,11,12,16). The molecule has 1 heterocycles. The second-order valence-corrected chi connectivity index (χ2v) is 4.54. The van der Waals surface area contributed by atoms with Crippen molar-refractivity contribution < 1.29 is 9.90 Å². The van der Waals surface area contributed by atoms with E-state index in [0.29, 0.717) is 19.5 Å². The van der Waals surface area contributed by atoms with Gasteiger partial charge in [0.15, 0.2) is 5.13 Å². The number of amides is 2. The van der Waals surface area contributed by atoms with Crippen molar-refractivity contribution >= 4 is 22.5 Å². The molecule has 7 heteroatoms. The first-order chi connectivity index (χ1) is 8.13. The summed E-state index contributed by atoms with van der Waals surface area (Å²) in [5.41, 5.74) is 0.844. The molecule has 0 aliphatic rings. The van der Waals surface area contributed by atoms with E-state index in [1.165, 1.54) is 0 Å². The highest BCUT2D eigenvalue weighted by atomic mass is 32.1. The van der Waals surface area contributed by atoms with E-state index in [4.69, 9.17) is 5.11 Å². The summed E-state index contributed by atoms with van der Waals surface area (Å²) in [4.78, 5) is 17.6. The molecule has 0 saturated carbocycles. The lowest BCUT2D eigenvalue weighted by atomic mass is 10.4. The summed E-state index contributed by atoms with van der Waals surface area (Å²) in [7, 11) is 3.86. The van der Waals surface area contributed by atoms with Crippen LogP contribution in [0.4, 0.5) is 9.93 Å². The zero-order valence-electron chi connectivity index (χ0n) is 10.1. The molecule has 0 bridgehead atoms. The van der Waals surface area contributed by atoms with Crippen LogP contribution in [0.5, 0.6) is 0 Å². The number of anilines is 1. The molecule has 0 unspecified atom stereocenters. The summed E-state index contributed by atoms with van der Waals surface area (Å²) in [5.74, 6) is 0. The highest BCUT2D eigenvalue weighted by Crippen LogP contribution is 2.17. The van der Waals surface area contributed by atoms with Gasteiger partial charge in [0.25, 0.3) is 0 Å². The second kappa shape index (κ2) is 7.08. The van der Waals surface area contributed by atoms with Gasteiger partial charge in [0.05, 0.1) is 12.2 Å². The van der Waals surface area contributed by atoms with Crippen LogP contribution >= 0.6 is 11.3 Å².